The third kappa shape index (κ3) is 3.22. The molecule has 0 saturated carbocycles. The van der Waals surface area contributed by atoms with Gasteiger partial charge < -0.3 is 15.0 Å². The second kappa shape index (κ2) is 6.97. The summed E-state index contributed by atoms with van der Waals surface area (Å²) in [6.45, 7) is 7.47. The summed E-state index contributed by atoms with van der Waals surface area (Å²) in [6, 6.07) is 10.8. The molecule has 0 spiro atoms. The maximum absolute atomic E-state index is 14.4. The smallest absolute Gasteiger partial charge is 0.198 e. The Hall–Kier alpha value is -2.82. The van der Waals surface area contributed by atoms with Crippen LogP contribution in [0.15, 0.2) is 41.4 Å². The zero-order chi connectivity index (χ0) is 18.0. The van der Waals surface area contributed by atoms with Crippen molar-refractivity contribution in [3.05, 3.63) is 53.3 Å². The van der Waals surface area contributed by atoms with Gasteiger partial charge in [0.25, 0.3) is 0 Å². The van der Waals surface area contributed by atoms with E-state index in [-0.39, 0.29) is 11.7 Å². The molecule has 1 heterocycles. The van der Waals surface area contributed by atoms with Crippen molar-refractivity contribution < 1.29 is 9.50 Å². The van der Waals surface area contributed by atoms with Crippen molar-refractivity contribution in [3.63, 3.8) is 0 Å². The number of hydrogen-bond donors (Lipinski definition) is 2. The Bertz CT molecular complexity index is 926. The Labute approximate surface area is 146 Å². The van der Waals surface area contributed by atoms with E-state index in [1.54, 1.807) is 18.3 Å². The number of halogens is 1. The summed E-state index contributed by atoms with van der Waals surface area (Å²) in [7, 11) is 0. The molecule has 25 heavy (non-hydrogen) atoms. The number of rotatable bonds is 5. The Morgan fingerprint density at radius 3 is 2.64 bits per heavy atom. The monoisotopic (exact) mass is 339 g/mol. The van der Waals surface area contributed by atoms with Gasteiger partial charge in [-0.2, -0.15) is 0 Å². The number of fused-ring (bicyclic) bond motifs is 1. The lowest BCUT2D eigenvalue weighted by molar-refractivity contribution is 0.457. The van der Waals surface area contributed by atoms with Gasteiger partial charge in [0, 0.05) is 36.3 Å². The largest absolute Gasteiger partial charge is 0.494 e. The van der Waals surface area contributed by atoms with Crippen LogP contribution in [0.25, 0.3) is 10.9 Å². The average Bonchev–Trinajstić information content (AvgIpc) is 2.92. The van der Waals surface area contributed by atoms with E-state index in [1.165, 1.54) is 6.07 Å². The van der Waals surface area contributed by atoms with Crippen molar-refractivity contribution in [2.75, 3.05) is 18.0 Å². The summed E-state index contributed by atoms with van der Waals surface area (Å²) >= 11 is 0. The molecule has 0 atom stereocenters. The molecule has 0 amide bonds. The molecule has 0 unspecified atom stereocenters. The maximum atomic E-state index is 14.4. The van der Waals surface area contributed by atoms with E-state index in [4.69, 9.17) is 0 Å². The molecule has 3 aromatic rings. The normalized spacial score (nSPS) is 11.5. The minimum Gasteiger partial charge on any atom is -0.494 e. The van der Waals surface area contributed by atoms with Gasteiger partial charge in [-0.3, -0.25) is 4.99 Å². The lowest BCUT2D eigenvalue weighted by Crippen LogP contribution is -2.22. The number of aromatic nitrogens is 1. The first-order valence-corrected chi connectivity index (χ1v) is 8.44. The van der Waals surface area contributed by atoms with Gasteiger partial charge in [-0.1, -0.05) is 12.1 Å². The van der Waals surface area contributed by atoms with Crippen LogP contribution in [0.2, 0.25) is 0 Å². The molecule has 0 saturated heterocycles. The standard InChI is InChI=1S/C20H22FN3O/c1-4-24(5-2)18-10-9-14(11-16(18)21)22-12-15-19-13(3)7-6-8-17(19)23-20(15)25/h6-12,23,25H,4-5H2,1-3H3. The number of aliphatic imine (C=N–C) groups is 1. The Kier molecular flexibility index (Phi) is 4.74. The summed E-state index contributed by atoms with van der Waals surface area (Å²) in [5.74, 6) is -0.231. The number of anilines is 1. The predicted molar refractivity (Wildman–Crippen MR) is 102 cm³/mol. The van der Waals surface area contributed by atoms with Crippen LogP contribution < -0.4 is 4.90 Å². The lowest BCUT2D eigenvalue weighted by atomic mass is 10.1. The fraction of sp³-hybridized carbons (Fsp3) is 0.250. The van der Waals surface area contributed by atoms with Crippen LogP contribution in [0.3, 0.4) is 0 Å². The van der Waals surface area contributed by atoms with Crippen LogP contribution >= 0.6 is 0 Å². The number of H-pyrrole nitrogens is 1. The predicted octanol–water partition coefficient (Wildman–Crippen LogP) is 4.92. The van der Waals surface area contributed by atoms with Crippen molar-refractivity contribution in [3.8, 4) is 5.88 Å². The van der Waals surface area contributed by atoms with Crippen LogP contribution in [-0.4, -0.2) is 29.4 Å². The van der Waals surface area contributed by atoms with Crippen molar-refractivity contribution in [1.29, 1.82) is 0 Å². The number of nitrogens with zero attached hydrogens (tertiary/aromatic N) is 2. The summed E-state index contributed by atoms with van der Waals surface area (Å²) in [5, 5.41) is 11.1. The molecule has 5 heteroatoms. The summed E-state index contributed by atoms with van der Waals surface area (Å²) in [6.07, 6.45) is 1.58. The fourth-order valence-electron chi connectivity index (χ4n) is 3.10. The van der Waals surface area contributed by atoms with Crippen LogP contribution in [0.5, 0.6) is 5.88 Å². The number of nitrogens with one attached hydrogen (secondary N) is 1. The van der Waals surface area contributed by atoms with Gasteiger partial charge in [-0.25, -0.2) is 4.39 Å². The Morgan fingerprint density at radius 1 is 1.20 bits per heavy atom. The van der Waals surface area contributed by atoms with Crippen molar-refractivity contribution >= 4 is 28.5 Å². The first kappa shape index (κ1) is 17.0. The van der Waals surface area contributed by atoms with Gasteiger partial charge in [0.1, 0.15) is 5.82 Å². The van der Waals surface area contributed by atoms with Gasteiger partial charge in [0.05, 0.1) is 16.9 Å². The first-order chi connectivity index (χ1) is 12.0. The molecule has 0 aliphatic rings. The molecular weight excluding hydrogens is 317 g/mol. The highest BCUT2D eigenvalue weighted by atomic mass is 19.1. The van der Waals surface area contributed by atoms with Gasteiger partial charge in [0.2, 0.25) is 0 Å². The van der Waals surface area contributed by atoms with Gasteiger partial charge in [0.15, 0.2) is 5.88 Å². The van der Waals surface area contributed by atoms with Gasteiger partial charge in [-0.05, 0) is 44.5 Å². The molecule has 0 bridgehead atoms. The first-order valence-electron chi connectivity index (χ1n) is 8.44. The van der Waals surface area contributed by atoms with E-state index >= 15 is 0 Å². The maximum Gasteiger partial charge on any atom is 0.198 e. The minimum absolute atomic E-state index is 0.0632. The number of aromatic amines is 1. The number of aromatic hydroxyl groups is 1. The highest BCUT2D eigenvalue weighted by Gasteiger charge is 2.11. The highest BCUT2D eigenvalue weighted by molar-refractivity contribution is 6.04. The van der Waals surface area contributed by atoms with Crippen molar-refractivity contribution in [2.45, 2.75) is 20.8 Å². The van der Waals surface area contributed by atoms with E-state index in [9.17, 15) is 9.50 Å². The molecule has 0 aliphatic heterocycles. The summed E-state index contributed by atoms with van der Waals surface area (Å²) < 4.78 is 14.4. The molecule has 2 aromatic carbocycles. The molecule has 2 N–H and O–H groups in total. The molecule has 3 rings (SSSR count). The SMILES string of the molecule is CCN(CC)c1ccc(N=Cc2c(O)[nH]c3cccc(C)c23)cc1F. The zero-order valence-corrected chi connectivity index (χ0v) is 14.7. The summed E-state index contributed by atoms with van der Waals surface area (Å²) in [4.78, 5) is 9.24. The third-order valence-electron chi connectivity index (χ3n) is 4.43. The Balaban J connectivity index is 1.96. The number of aryl methyl sites for hydroxylation is 1. The molecule has 130 valence electrons. The average molecular weight is 339 g/mol. The van der Waals surface area contributed by atoms with Crippen LogP contribution in [0, 0.1) is 12.7 Å². The van der Waals surface area contributed by atoms with E-state index in [1.807, 2.05) is 43.9 Å². The topological polar surface area (TPSA) is 51.6 Å². The molecular formula is C20H22FN3O. The second-order valence-electron chi connectivity index (χ2n) is 5.95. The quantitative estimate of drug-likeness (QED) is 0.648. The molecule has 0 fully saturated rings. The summed E-state index contributed by atoms with van der Waals surface area (Å²) in [5.41, 5.74) is 3.59. The fourth-order valence-corrected chi connectivity index (χ4v) is 3.10. The van der Waals surface area contributed by atoms with Crippen LogP contribution in [0.4, 0.5) is 15.8 Å². The third-order valence-corrected chi connectivity index (χ3v) is 4.43. The van der Waals surface area contributed by atoms with E-state index < -0.39 is 0 Å². The van der Waals surface area contributed by atoms with E-state index in [2.05, 4.69) is 9.98 Å². The van der Waals surface area contributed by atoms with Gasteiger partial charge >= 0.3 is 0 Å². The van der Waals surface area contributed by atoms with E-state index in [0.29, 0.717) is 16.9 Å². The lowest BCUT2D eigenvalue weighted by Gasteiger charge is -2.21. The number of benzene rings is 2. The molecule has 0 aliphatic carbocycles. The second-order valence-corrected chi connectivity index (χ2v) is 5.95. The molecule has 4 nitrogen and oxygen atoms in total. The van der Waals surface area contributed by atoms with Crippen molar-refractivity contribution in [2.24, 2.45) is 4.99 Å². The Morgan fingerprint density at radius 2 is 1.96 bits per heavy atom. The zero-order valence-electron chi connectivity index (χ0n) is 14.7. The van der Waals surface area contributed by atoms with E-state index in [0.717, 1.165) is 29.6 Å². The van der Waals surface area contributed by atoms with Gasteiger partial charge in [-0.15, -0.1) is 0 Å². The number of hydrogen-bond acceptors (Lipinski definition) is 3. The highest BCUT2D eigenvalue weighted by Crippen LogP contribution is 2.29. The van der Waals surface area contributed by atoms with Crippen molar-refractivity contribution in [1.82, 2.24) is 4.98 Å². The minimum atomic E-state index is -0.294. The van der Waals surface area contributed by atoms with Crippen LogP contribution in [-0.2, 0) is 0 Å². The molecule has 0 radical (unpaired) electrons. The molecule has 1 aromatic heterocycles. The van der Waals surface area contributed by atoms with Crippen LogP contribution in [0.1, 0.15) is 25.0 Å².